The number of aromatic nitrogens is 4. The van der Waals surface area contributed by atoms with Gasteiger partial charge in [0.25, 0.3) is 0 Å². The van der Waals surface area contributed by atoms with Crippen molar-refractivity contribution in [2.45, 2.75) is 94.8 Å². The predicted molar refractivity (Wildman–Crippen MR) is 215 cm³/mol. The third-order valence-electron chi connectivity index (χ3n) is 11.2. The molecule has 2 N–H and O–H groups in total. The number of aldehydes is 1. The highest BCUT2D eigenvalue weighted by atomic mass is 19.1. The van der Waals surface area contributed by atoms with Crippen molar-refractivity contribution in [3.63, 3.8) is 0 Å². The lowest BCUT2D eigenvalue weighted by atomic mass is 9.85. The van der Waals surface area contributed by atoms with E-state index < -0.39 is 5.67 Å². The molecule has 294 valence electrons. The zero-order chi connectivity index (χ0) is 39.0. The number of nitrogens with one attached hydrogen (secondary N) is 2. The lowest BCUT2D eigenvalue weighted by molar-refractivity contribution is -0.126. The highest BCUT2D eigenvalue weighted by molar-refractivity contribution is 5.91. The van der Waals surface area contributed by atoms with Gasteiger partial charge in [0.1, 0.15) is 17.1 Å². The quantitative estimate of drug-likeness (QED) is 0.139. The highest BCUT2D eigenvalue weighted by Gasteiger charge is 2.39. The molecule has 12 nitrogen and oxygen atoms in total. The first kappa shape index (κ1) is 39.9. The topological polar surface area (TPSA) is 129 Å². The molecule has 2 saturated heterocycles. The van der Waals surface area contributed by atoms with Crippen LogP contribution in [0, 0.1) is 0 Å². The second-order valence-corrected chi connectivity index (χ2v) is 15.8. The maximum Gasteiger partial charge on any atom is 0.233 e. The van der Waals surface area contributed by atoms with Crippen molar-refractivity contribution in [3.8, 4) is 0 Å². The largest absolute Gasteiger partial charge is 0.367 e. The molecule has 5 heterocycles. The van der Waals surface area contributed by atoms with E-state index in [1.54, 1.807) is 6.20 Å². The van der Waals surface area contributed by atoms with Gasteiger partial charge in [0.05, 0.1) is 23.5 Å². The third kappa shape index (κ3) is 9.93. The normalized spacial score (nSPS) is 18.0. The van der Waals surface area contributed by atoms with Crippen LogP contribution in [0.4, 0.5) is 21.8 Å². The monoisotopic (exact) mass is 753 g/mol. The number of hydrogen-bond acceptors (Lipinski definition) is 10. The molecule has 0 spiro atoms. The number of piperidine rings is 1. The van der Waals surface area contributed by atoms with E-state index in [4.69, 9.17) is 4.98 Å². The molecule has 1 saturated carbocycles. The van der Waals surface area contributed by atoms with Crippen molar-refractivity contribution in [3.05, 3.63) is 71.7 Å². The van der Waals surface area contributed by atoms with Gasteiger partial charge in [-0.2, -0.15) is 4.98 Å². The second kappa shape index (κ2) is 18.3. The van der Waals surface area contributed by atoms with E-state index in [0.717, 1.165) is 92.4 Å². The second-order valence-electron chi connectivity index (χ2n) is 15.8. The van der Waals surface area contributed by atoms with E-state index >= 15 is 4.39 Å². The number of pyridine rings is 1. The molecule has 1 unspecified atom stereocenters. The van der Waals surface area contributed by atoms with Crippen LogP contribution in [0.3, 0.4) is 0 Å². The molecule has 1 aliphatic carbocycles. The lowest BCUT2D eigenvalue weighted by Gasteiger charge is -2.49. The standard InChI is InChI=1S/C39H47FN8O3.C3H9N/c1-2-6-34(37(51)43-26-50)28-8-5-7-27(19-28)13-14-39(40)15-17-46(18-16-39)33-23-47(24-33)31-11-12-35(41-22-31)44-38-42-21-29-20-32(25-49)48(36(29)45-38)30-9-3-4-10-30;1-4(2)3/h5,7-8,11-12,19-22,25-26,30,33-34H,2-4,6,9-10,13-18,23-24H2,1H3,(H,43,50,51)(H,41,42,44,45);1-3H3. The summed E-state index contributed by atoms with van der Waals surface area (Å²) in [4.78, 5) is 55.7. The summed E-state index contributed by atoms with van der Waals surface area (Å²) < 4.78 is 18.0. The number of imide groups is 1. The van der Waals surface area contributed by atoms with Crippen LogP contribution in [0.25, 0.3) is 11.0 Å². The van der Waals surface area contributed by atoms with E-state index in [-0.39, 0.29) is 11.8 Å². The Kier molecular flexibility index (Phi) is 13.3. The van der Waals surface area contributed by atoms with Crippen LogP contribution in [0.1, 0.15) is 98.3 Å². The van der Waals surface area contributed by atoms with Crippen LogP contribution >= 0.6 is 0 Å². The molecule has 3 aliphatic rings. The average Bonchev–Trinajstić information content (AvgIpc) is 3.82. The van der Waals surface area contributed by atoms with Gasteiger partial charge in [-0.15, -0.1) is 0 Å². The molecule has 2 amide bonds. The summed E-state index contributed by atoms with van der Waals surface area (Å²) in [6, 6.07) is 14.4. The van der Waals surface area contributed by atoms with Crippen LogP contribution < -0.4 is 15.5 Å². The first-order valence-electron chi connectivity index (χ1n) is 19.8. The number of benzene rings is 1. The maximum atomic E-state index is 16.0. The van der Waals surface area contributed by atoms with E-state index in [0.29, 0.717) is 68.1 Å². The molecule has 0 bridgehead atoms. The molecule has 13 heteroatoms. The summed E-state index contributed by atoms with van der Waals surface area (Å²) in [6.07, 6.45) is 13.0. The molecule has 4 aromatic rings. The Morgan fingerprint density at radius 1 is 1.02 bits per heavy atom. The highest BCUT2D eigenvalue weighted by Crippen LogP contribution is 2.36. The summed E-state index contributed by atoms with van der Waals surface area (Å²) in [6.45, 7) is 5.26. The number of halogens is 1. The van der Waals surface area contributed by atoms with Crippen molar-refractivity contribution in [2.24, 2.45) is 0 Å². The number of rotatable bonds is 14. The van der Waals surface area contributed by atoms with E-state index in [2.05, 4.69) is 35.0 Å². The van der Waals surface area contributed by atoms with Crippen LogP contribution in [-0.4, -0.2) is 107 Å². The fraction of sp³-hybridized carbons (Fsp3) is 0.524. The Morgan fingerprint density at radius 2 is 1.76 bits per heavy atom. The lowest BCUT2D eigenvalue weighted by Crippen LogP contribution is -2.62. The van der Waals surface area contributed by atoms with Gasteiger partial charge in [-0.25, -0.2) is 14.4 Å². The fourth-order valence-corrected chi connectivity index (χ4v) is 8.15. The molecular formula is C42H56FN9O3. The van der Waals surface area contributed by atoms with Crippen molar-refractivity contribution < 1.29 is 18.8 Å². The van der Waals surface area contributed by atoms with Gasteiger partial charge in [-0.05, 0) is 95.4 Å². The number of likely N-dealkylation sites (tertiary alicyclic amines) is 1. The van der Waals surface area contributed by atoms with Gasteiger partial charge >= 0.3 is 0 Å². The number of fused-ring (bicyclic) bond motifs is 1. The Hall–Kier alpha value is -4.75. The number of carbonyl (C=O) groups is 3. The molecule has 3 aromatic heterocycles. The van der Waals surface area contributed by atoms with Gasteiger partial charge in [0.2, 0.25) is 18.3 Å². The zero-order valence-corrected chi connectivity index (χ0v) is 32.7. The molecular weight excluding hydrogens is 698 g/mol. The van der Waals surface area contributed by atoms with Gasteiger partial charge in [0, 0.05) is 49.8 Å². The van der Waals surface area contributed by atoms with E-state index in [1.165, 1.54) is 0 Å². The SMILES string of the molecule is CCCC(C(=O)NC=O)c1cccc(CCC2(F)CCN(C3CN(c4ccc(Nc5ncc6cc(C=O)n(C7CCCC7)c6n5)nc4)C3)CC2)c1.CN(C)C. The summed E-state index contributed by atoms with van der Waals surface area (Å²) in [5, 5.41) is 6.38. The van der Waals surface area contributed by atoms with E-state index in [9.17, 15) is 14.4 Å². The number of anilines is 3. The first-order chi connectivity index (χ1) is 26.6. The zero-order valence-electron chi connectivity index (χ0n) is 32.7. The van der Waals surface area contributed by atoms with Crippen LogP contribution in [-0.2, 0) is 16.0 Å². The van der Waals surface area contributed by atoms with Crippen LogP contribution in [0.15, 0.2) is 54.9 Å². The van der Waals surface area contributed by atoms with Gasteiger partial charge < -0.3 is 19.7 Å². The van der Waals surface area contributed by atoms with Crippen molar-refractivity contribution in [1.82, 2.24) is 34.6 Å². The van der Waals surface area contributed by atoms with E-state index in [1.807, 2.05) is 81.6 Å². The van der Waals surface area contributed by atoms with Crippen molar-refractivity contribution in [2.75, 3.05) is 57.5 Å². The summed E-state index contributed by atoms with van der Waals surface area (Å²) >= 11 is 0. The van der Waals surface area contributed by atoms with Gasteiger partial charge in [0.15, 0.2) is 6.29 Å². The number of hydrogen-bond donors (Lipinski definition) is 2. The number of carbonyl (C=O) groups excluding carboxylic acids is 3. The molecule has 3 fully saturated rings. The fourth-order valence-electron chi connectivity index (χ4n) is 8.15. The van der Waals surface area contributed by atoms with Gasteiger partial charge in [-0.3, -0.25) is 24.6 Å². The molecule has 1 atom stereocenters. The average molecular weight is 754 g/mol. The minimum atomic E-state index is -1.20. The third-order valence-corrected chi connectivity index (χ3v) is 11.2. The van der Waals surface area contributed by atoms with Crippen LogP contribution in [0.2, 0.25) is 0 Å². The minimum absolute atomic E-state index is 0.291. The molecule has 0 radical (unpaired) electrons. The Labute approximate surface area is 323 Å². The Bertz CT molecular complexity index is 1890. The van der Waals surface area contributed by atoms with Crippen LogP contribution in [0.5, 0.6) is 0 Å². The molecule has 7 rings (SSSR count). The number of nitrogens with zero attached hydrogens (tertiary/aromatic N) is 7. The molecule has 55 heavy (non-hydrogen) atoms. The number of alkyl halides is 1. The van der Waals surface area contributed by atoms with Gasteiger partial charge in [-0.1, -0.05) is 50.5 Å². The predicted octanol–water partition coefficient (Wildman–Crippen LogP) is 6.46. The smallest absolute Gasteiger partial charge is 0.233 e. The molecule has 2 aliphatic heterocycles. The van der Waals surface area contributed by atoms with Crippen molar-refractivity contribution >= 4 is 47.1 Å². The summed E-state index contributed by atoms with van der Waals surface area (Å²) in [7, 11) is 6.00. The maximum absolute atomic E-state index is 16.0. The summed E-state index contributed by atoms with van der Waals surface area (Å²) in [5.74, 6) is 0.421. The minimum Gasteiger partial charge on any atom is -0.367 e. The Balaban J connectivity index is 0.00000123. The first-order valence-corrected chi connectivity index (χ1v) is 19.8. The number of amides is 2. The van der Waals surface area contributed by atoms with Crippen molar-refractivity contribution in [1.29, 1.82) is 0 Å². The molecule has 1 aromatic carbocycles. The summed E-state index contributed by atoms with van der Waals surface area (Å²) in [5.41, 5.74) is 3.16. The Morgan fingerprint density at radius 3 is 2.42 bits per heavy atom. The number of aryl methyl sites for hydroxylation is 1.